The molecule has 0 spiro atoms. The topological polar surface area (TPSA) is 65.0 Å². The summed E-state index contributed by atoms with van der Waals surface area (Å²) in [5.74, 6) is 0.566. The molecule has 0 bridgehead atoms. The van der Waals surface area contributed by atoms with E-state index in [1.165, 1.54) is 17.4 Å². The SMILES string of the molecule is Fc1cccc2cc(-c3nc(-c4cncs4)no3)oc12. The number of furan rings is 1. The fourth-order valence-corrected chi connectivity index (χ4v) is 2.43. The lowest BCUT2D eigenvalue weighted by molar-refractivity contribution is 0.419. The molecule has 0 fully saturated rings. The van der Waals surface area contributed by atoms with Crippen LogP contribution in [0.3, 0.4) is 0 Å². The maximum absolute atomic E-state index is 13.6. The maximum Gasteiger partial charge on any atom is 0.294 e. The van der Waals surface area contributed by atoms with Crippen molar-refractivity contribution in [1.82, 2.24) is 15.1 Å². The highest BCUT2D eigenvalue weighted by Gasteiger charge is 2.16. The Morgan fingerprint density at radius 2 is 2.20 bits per heavy atom. The molecule has 3 aromatic heterocycles. The molecule has 5 nitrogen and oxygen atoms in total. The van der Waals surface area contributed by atoms with Gasteiger partial charge in [-0.2, -0.15) is 4.98 Å². The average molecular weight is 287 g/mol. The third-order valence-electron chi connectivity index (χ3n) is 2.79. The van der Waals surface area contributed by atoms with Crippen molar-refractivity contribution in [2.24, 2.45) is 0 Å². The number of benzene rings is 1. The summed E-state index contributed by atoms with van der Waals surface area (Å²) < 4.78 is 24.2. The van der Waals surface area contributed by atoms with Crippen LogP contribution in [-0.2, 0) is 0 Å². The second-order valence-corrected chi connectivity index (χ2v) is 4.94. The van der Waals surface area contributed by atoms with Crippen molar-refractivity contribution >= 4 is 22.3 Å². The molecule has 98 valence electrons. The van der Waals surface area contributed by atoms with Gasteiger partial charge < -0.3 is 8.94 Å². The number of hydrogen-bond acceptors (Lipinski definition) is 6. The molecule has 0 amide bonds. The Morgan fingerprint density at radius 1 is 1.25 bits per heavy atom. The van der Waals surface area contributed by atoms with Gasteiger partial charge in [-0.1, -0.05) is 17.3 Å². The van der Waals surface area contributed by atoms with Crippen molar-refractivity contribution in [1.29, 1.82) is 0 Å². The Hall–Kier alpha value is -2.54. The number of thiazole rings is 1. The van der Waals surface area contributed by atoms with Gasteiger partial charge in [0.2, 0.25) is 5.82 Å². The van der Waals surface area contributed by atoms with Gasteiger partial charge in [0.15, 0.2) is 17.2 Å². The molecule has 4 rings (SSSR count). The third kappa shape index (κ3) is 1.71. The second kappa shape index (κ2) is 4.24. The molecule has 0 radical (unpaired) electrons. The minimum absolute atomic E-state index is 0.181. The summed E-state index contributed by atoms with van der Waals surface area (Å²) in [6.45, 7) is 0. The Bertz CT molecular complexity index is 882. The zero-order valence-electron chi connectivity index (χ0n) is 9.91. The van der Waals surface area contributed by atoms with Crippen LogP contribution >= 0.6 is 11.3 Å². The Labute approximate surface area is 115 Å². The van der Waals surface area contributed by atoms with E-state index in [2.05, 4.69) is 15.1 Å². The van der Waals surface area contributed by atoms with E-state index in [0.29, 0.717) is 17.0 Å². The molecule has 0 N–H and O–H groups in total. The van der Waals surface area contributed by atoms with Gasteiger partial charge in [-0.25, -0.2) is 4.39 Å². The minimum atomic E-state index is -0.420. The van der Waals surface area contributed by atoms with Gasteiger partial charge in [0, 0.05) is 11.6 Å². The number of aromatic nitrogens is 3. The van der Waals surface area contributed by atoms with E-state index in [1.54, 1.807) is 29.9 Å². The first-order valence-electron chi connectivity index (χ1n) is 5.72. The minimum Gasteiger partial charge on any atom is -0.448 e. The number of para-hydroxylation sites is 1. The molecule has 0 unspecified atom stereocenters. The molecular weight excluding hydrogens is 281 g/mol. The number of hydrogen-bond donors (Lipinski definition) is 0. The number of fused-ring (bicyclic) bond motifs is 1. The molecule has 3 heterocycles. The monoisotopic (exact) mass is 287 g/mol. The van der Waals surface area contributed by atoms with Crippen LogP contribution < -0.4 is 0 Å². The first-order valence-corrected chi connectivity index (χ1v) is 6.60. The lowest BCUT2D eigenvalue weighted by Crippen LogP contribution is -1.75. The van der Waals surface area contributed by atoms with Crippen LogP contribution in [0.2, 0.25) is 0 Å². The van der Waals surface area contributed by atoms with Gasteiger partial charge in [0.05, 0.1) is 10.4 Å². The van der Waals surface area contributed by atoms with Gasteiger partial charge in [0.25, 0.3) is 5.89 Å². The van der Waals surface area contributed by atoms with Gasteiger partial charge in [-0.3, -0.25) is 4.98 Å². The molecular formula is C13H6FN3O2S. The normalized spacial score (nSPS) is 11.2. The number of rotatable bonds is 2. The molecule has 7 heteroatoms. The summed E-state index contributed by atoms with van der Waals surface area (Å²) in [7, 11) is 0. The summed E-state index contributed by atoms with van der Waals surface area (Å²) in [5, 5.41) is 4.51. The summed E-state index contributed by atoms with van der Waals surface area (Å²) in [5.41, 5.74) is 1.86. The van der Waals surface area contributed by atoms with Crippen molar-refractivity contribution in [2.45, 2.75) is 0 Å². The van der Waals surface area contributed by atoms with Crippen LogP contribution in [0.1, 0.15) is 0 Å². The van der Waals surface area contributed by atoms with E-state index in [9.17, 15) is 4.39 Å². The quantitative estimate of drug-likeness (QED) is 0.562. The maximum atomic E-state index is 13.6. The largest absolute Gasteiger partial charge is 0.448 e. The molecule has 0 aliphatic carbocycles. The third-order valence-corrected chi connectivity index (χ3v) is 3.55. The highest BCUT2D eigenvalue weighted by molar-refractivity contribution is 7.13. The van der Waals surface area contributed by atoms with Crippen LogP contribution in [-0.4, -0.2) is 15.1 Å². The average Bonchev–Trinajstić information content (AvgIpc) is 3.18. The zero-order valence-corrected chi connectivity index (χ0v) is 10.7. The van der Waals surface area contributed by atoms with Crippen molar-refractivity contribution in [2.75, 3.05) is 0 Å². The summed E-state index contributed by atoms with van der Waals surface area (Å²) in [4.78, 5) is 8.97. The first kappa shape index (κ1) is 11.3. The predicted octanol–water partition coefficient (Wildman–Crippen LogP) is 3.75. The van der Waals surface area contributed by atoms with Gasteiger partial charge in [-0.15, -0.1) is 11.3 Å². The fourth-order valence-electron chi connectivity index (χ4n) is 1.88. The smallest absolute Gasteiger partial charge is 0.294 e. The Morgan fingerprint density at radius 3 is 3.00 bits per heavy atom. The molecule has 1 aromatic carbocycles. The molecule has 0 aliphatic heterocycles. The highest BCUT2D eigenvalue weighted by Crippen LogP contribution is 2.30. The summed E-state index contributed by atoms with van der Waals surface area (Å²) in [6.07, 6.45) is 1.65. The predicted molar refractivity (Wildman–Crippen MR) is 70.6 cm³/mol. The van der Waals surface area contributed by atoms with E-state index >= 15 is 0 Å². The van der Waals surface area contributed by atoms with Gasteiger partial charge in [-0.05, 0) is 12.1 Å². The summed E-state index contributed by atoms with van der Waals surface area (Å²) >= 11 is 1.41. The number of nitrogens with zero attached hydrogens (tertiary/aromatic N) is 3. The lowest BCUT2D eigenvalue weighted by atomic mass is 10.2. The van der Waals surface area contributed by atoms with E-state index in [4.69, 9.17) is 8.94 Å². The van der Waals surface area contributed by atoms with Crippen molar-refractivity contribution in [3.8, 4) is 22.4 Å². The van der Waals surface area contributed by atoms with Crippen LogP contribution in [0.15, 0.2) is 44.9 Å². The van der Waals surface area contributed by atoms with Gasteiger partial charge >= 0.3 is 0 Å². The lowest BCUT2D eigenvalue weighted by Gasteiger charge is -1.88. The van der Waals surface area contributed by atoms with Crippen molar-refractivity contribution in [3.05, 3.63) is 41.8 Å². The van der Waals surface area contributed by atoms with Crippen LogP contribution in [0, 0.1) is 5.82 Å². The molecule has 20 heavy (non-hydrogen) atoms. The second-order valence-electron chi connectivity index (χ2n) is 4.06. The van der Waals surface area contributed by atoms with Crippen LogP contribution in [0.25, 0.3) is 33.3 Å². The van der Waals surface area contributed by atoms with E-state index in [-0.39, 0.29) is 11.5 Å². The van der Waals surface area contributed by atoms with Crippen molar-refractivity contribution in [3.63, 3.8) is 0 Å². The van der Waals surface area contributed by atoms with Crippen LogP contribution in [0.5, 0.6) is 0 Å². The molecule has 0 aliphatic rings. The van der Waals surface area contributed by atoms with E-state index in [0.717, 1.165) is 4.88 Å². The molecule has 4 aromatic rings. The van der Waals surface area contributed by atoms with Gasteiger partial charge in [0.1, 0.15) is 0 Å². The van der Waals surface area contributed by atoms with Crippen LogP contribution in [0.4, 0.5) is 4.39 Å². The zero-order chi connectivity index (χ0) is 13.5. The fraction of sp³-hybridized carbons (Fsp3) is 0. The highest BCUT2D eigenvalue weighted by atomic mass is 32.1. The Kier molecular flexibility index (Phi) is 2.40. The Balaban J connectivity index is 1.81. The van der Waals surface area contributed by atoms with E-state index in [1.807, 2.05) is 0 Å². The van der Waals surface area contributed by atoms with Crippen molar-refractivity contribution < 1.29 is 13.3 Å². The van der Waals surface area contributed by atoms with E-state index < -0.39 is 5.82 Å². The first-order chi connectivity index (χ1) is 9.81. The number of halogens is 1. The molecule has 0 saturated heterocycles. The molecule has 0 atom stereocenters. The molecule has 0 saturated carbocycles. The summed E-state index contributed by atoms with van der Waals surface area (Å²) in [6, 6.07) is 6.38. The standard InChI is InChI=1S/C13H6FN3O2S/c14-8-3-1-2-7-4-9(18-11(7)8)13-16-12(17-19-13)10-5-15-6-20-10/h1-6H.